The Morgan fingerprint density at radius 2 is 2.07 bits per heavy atom. The number of halogens is 2. The average Bonchev–Trinajstić information content (AvgIpc) is 2.08. The van der Waals surface area contributed by atoms with Crippen LogP contribution in [0.3, 0.4) is 0 Å². The summed E-state index contributed by atoms with van der Waals surface area (Å²) in [7, 11) is 1.52. The number of ether oxygens (including phenoxy) is 1. The van der Waals surface area contributed by atoms with Crippen molar-refractivity contribution in [1.29, 1.82) is 0 Å². The molecule has 1 aromatic carbocycles. The minimum atomic E-state index is -0.311. The van der Waals surface area contributed by atoms with Crippen LogP contribution in [-0.2, 0) is 0 Å². The minimum absolute atomic E-state index is 0. The molecule has 0 saturated heterocycles. The van der Waals surface area contributed by atoms with Crippen LogP contribution in [0.1, 0.15) is 18.5 Å². The Bertz CT molecular complexity index is 316. The summed E-state index contributed by atoms with van der Waals surface area (Å²) in [4.78, 5) is 0. The maximum atomic E-state index is 9.59. The Morgan fingerprint density at radius 3 is 2.50 bits per heavy atom. The molecular weight excluding hydrogens is 225 g/mol. The maximum Gasteiger partial charge on any atom is 0.142 e. The number of aromatic hydroxyl groups is 1. The SMILES string of the molecule is COc1ccc(Cl)c(O)c1[C@@H](C)N.Cl. The molecule has 1 atom stereocenters. The summed E-state index contributed by atoms with van der Waals surface area (Å²) in [5.41, 5.74) is 6.20. The molecule has 0 amide bonds. The quantitative estimate of drug-likeness (QED) is 0.832. The second-order valence-corrected chi connectivity index (χ2v) is 3.21. The van der Waals surface area contributed by atoms with Crippen LogP contribution in [0.4, 0.5) is 0 Å². The number of rotatable bonds is 2. The fourth-order valence-electron chi connectivity index (χ4n) is 1.18. The predicted octanol–water partition coefficient (Wildman–Crippen LogP) is 2.50. The van der Waals surface area contributed by atoms with Gasteiger partial charge in [-0.3, -0.25) is 0 Å². The maximum absolute atomic E-state index is 9.59. The molecule has 0 spiro atoms. The molecule has 0 fully saturated rings. The molecule has 0 aromatic heterocycles. The zero-order chi connectivity index (χ0) is 10.0. The first kappa shape index (κ1) is 13.4. The van der Waals surface area contributed by atoms with Crippen LogP contribution < -0.4 is 10.5 Å². The van der Waals surface area contributed by atoms with Gasteiger partial charge in [0.25, 0.3) is 0 Å². The third kappa shape index (κ3) is 2.44. The fourth-order valence-corrected chi connectivity index (χ4v) is 1.35. The minimum Gasteiger partial charge on any atom is -0.506 e. The van der Waals surface area contributed by atoms with E-state index >= 15 is 0 Å². The van der Waals surface area contributed by atoms with Gasteiger partial charge in [0, 0.05) is 6.04 Å². The Labute approximate surface area is 94.2 Å². The van der Waals surface area contributed by atoms with Gasteiger partial charge in [0.2, 0.25) is 0 Å². The summed E-state index contributed by atoms with van der Waals surface area (Å²) in [5, 5.41) is 9.87. The lowest BCUT2D eigenvalue weighted by atomic mass is 10.1. The number of hydrogen-bond donors (Lipinski definition) is 2. The summed E-state index contributed by atoms with van der Waals surface area (Å²) < 4.78 is 5.04. The van der Waals surface area contributed by atoms with E-state index in [1.807, 2.05) is 0 Å². The molecule has 3 nitrogen and oxygen atoms in total. The van der Waals surface area contributed by atoms with Gasteiger partial charge in [-0.25, -0.2) is 0 Å². The van der Waals surface area contributed by atoms with E-state index in [1.165, 1.54) is 7.11 Å². The smallest absolute Gasteiger partial charge is 0.142 e. The van der Waals surface area contributed by atoms with Crippen molar-refractivity contribution in [1.82, 2.24) is 0 Å². The highest BCUT2D eigenvalue weighted by molar-refractivity contribution is 6.32. The lowest BCUT2D eigenvalue weighted by molar-refractivity contribution is 0.395. The van der Waals surface area contributed by atoms with Crippen molar-refractivity contribution in [3.8, 4) is 11.5 Å². The van der Waals surface area contributed by atoms with E-state index in [0.717, 1.165) is 0 Å². The Hall–Kier alpha value is -0.640. The van der Waals surface area contributed by atoms with Gasteiger partial charge in [0.05, 0.1) is 17.7 Å². The normalized spacial score (nSPS) is 11.7. The first-order valence-electron chi connectivity index (χ1n) is 3.89. The standard InChI is InChI=1S/C9H12ClNO2.ClH/c1-5(11)8-7(13-2)4-3-6(10)9(8)12;/h3-5,12H,11H2,1-2H3;1H/t5-;/m1./s1. The van der Waals surface area contributed by atoms with Crippen LogP contribution >= 0.6 is 24.0 Å². The van der Waals surface area contributed by atoms with Gasteiger partial charge in [-0.05, 0) is 19.1 Å². The van der Waals surface area contributed by atoms with E-state index in [1.54, 1.807) is 19.1 Å². The van der Waals surface area contributed by atoms with E-state index in [9.17, 15) is 5.11 Å². The monoisotopic (exact) mass is 237 g/mol. The number of phenols is 1. The molecule has 14 heavy (non-hydrogen) atoms. The van der Waals surface area contributed by atoms with Crippen molar-refractivity contribution in [2.24, 2.45) is 5.73 Å². The van der Waals surface area contributed by atoms with Crippen molar-refractivity contribution < 1.29 is 9.84 Å². The van der Waals surface area contributed by atoms with Crippen molar-refractivity contribution in [2.45, 2.75) is 13.0 Å². The van der Waals surface area contributed by atoms with E-state index in [0.29, 0.717) is 11.3 Å². The molecule has 5 heteroatoms. The lowest BCUT2D eigenvalue weighted by Gasteiger charge is -2.13. The molecule has 1 aromatic rings. The average molecular weight is 238 g/mol. The Morgan fingerprint density at radius 1 is 1.50 bits per heavy atom. The predicted molar refractivity (Wildman–Crippen MR) is 59.5 cm³/mol. The number of hydrogen-bond acceptors (Lipinski definition) is 3. The summed E-state index contributed by atoms with van der Waals surface area (Å²) in [6, 6.07) is 2.94. The van der Waals surface area contributed by atoms with Crippen LogP contribution in [-0.4, -0.2) is 12.2 Å². The van der Waals surface area contributed by atoms with Crippen molar-refractivity contribution >= 4 is 24.0 Å². The van der Waals surface area contributed by atoms with Gasteiger partial charge in [0.1, 0.15) is 11.5 Å². The van der Waals surface area contributed by atoms with Crippen LogP contribution in [0.15, 0.2) is 12.1 Å². The summed E-state index contributed by atoms with van der Waals surface area (Å²) in [6.07, 6.45) is 0. The van der Waals surface area contributed by atoms with Crippen LogP contribution in [0, 0.1) is 0 Å². The van der Waals surface area contributed by atoms with Crippen LogP contribution in [0.2, 0.25) is 5.02 Å². The van der Waals surface area contributed by atoms with E-state index in [4.69, 9.17) is 22.1 Å². The molecule has 80 valence electrons. The molecule has 0 saturated carbocycles. The Balaban J connectivity index is 0.00000169. The lowest BCUT2D eigenvalue weighted by Crippen LogP contribution is -2.07. The number of methoxy groups -OCH3 is 1. The highest BCUT2D eigenvalue weighted by Crippen LogP contribution is 2.37. The molecule has 3 N–H and O–H groups in total. The molecule has 0 heterocycles. The second-order valence-electron chi connectivity index (χ2n) is 2.80. The summed E-state index contributed by atoms with van der Waals surface area (Å²) in [5.74, 6) is 0.549. The van der Waals surface area contributed by atoms with E-state index in [-0.39, 0.29) is 29.2 Å². The van der Waals surface area contributed by atoms with Gasteiger partial charge in [-0.2, -0.15) is 0 Å². The highest BCUT2D eigenvalue weighted by atomic mass is 35.5. The fraction of sp³-hybridized carbons (Fsp3) is 0.333. The molecule has 0 radical (unpaired) electrons. The van der Waals surface area contributed by atoms with Crippen molar-refractivity contribution in [2.75, 3.05) is 7.11 Å². The molecule has 0 aliphatic heterocycles. The van der Waals surface area contributed by atoms with Gasteiger partial charge >= 0.3 is 0 Å². The van der Waals surface area contributed by atoms with Gasteiger partial charge < -0.3 is 15.6 Å². The third-order valence-corrected chi connectivity index (χ3v) is 2.11. The molecule has 0 aliphatic carbocycles. The first-order valence-corrected chi connectivity index (χ1v) is 4.26. The molecule has 0 unspecified atom stereocenters. The first-order chi connectivity index (χ1) is 6.07. The largest absolute Gasteiger partial charge is 0.506 e. The zero-order valence-electron chi connectivity index (χ0n) is 7.95. The Kier molecular flexibility index (Phi) is 5.05. The van der Waals surface area contributed by atoms with Gasteiger partial charge in [0.15, 0.2) is 0 Å². The number of nitrogens with two attached hydrogens (primary N) is 1. The summed E-state index contributed by atoms with van der Waals surface area (Å²) >= 11 is 5.73. The van der Waals surface area contributed by atoms with Crippen LogP contribution in [0.5, 0.6) is 11.5 Å². The van der Waals surface area contributed by atoms with Crippen LogP contribution in [0.25, 0.3) is 0 Å². The van der Waals surface area contributed by atoms with Crippen molar-refractivity contribution in [3.63, 3.8) is 0 Å². The molecule has 1 rings (SSSR count). The topological polar surface area (TPSA) is 55.5 Å². The van der Waals surface area contributed by atoms with E-state index in [2.05, 4.69) is 0 Å². The second kappa shape index (κ2) is 5.29. The molecule has 0 bridgehead atoms. The highest BCUT2D eigenvalue weighted by Gasteiger charge is 2.15. The number of benzene rings is 1. The molecular formula is C9H13Cl2NO2. The number of phenolic OH excluding ortho intramolecular Hbond substituents is 1. The van der Waals surface area contributed by atoms with E-state index < -0.39 is 0 Å². The third-order valence-electron chi connectivity index (χ3n) is 1.80. The molecule has 0 aliphatic rings. The van der Waals surface area contributed by atoms with Gasteiger partial charge in [-0.15, -0.1) is 12.4 Å². The zero-order valence-corrected chi connectivity index (χ0v) is 9.52. The van der Waals surface area contributed by atoms with Gasteiger partial charge in [-0.1, -0.05) is 11.6 Å². The summed E-state index contributed by atoms with van der Waals surface area (Å²) in [6.45, 7) is 1.76. The van der Waals surface area contributed by atoms with Crippen molar-refractivity contribution in [3.05, 3.63) is 22.7 Å².